The molecule has 1 heterocycles. The molecule has 126 valence electrons. The number of carbonyl (C=O) groups is 1. The van der Waals surface area contributed by atoms with Gasteiger partial charge in [0.25, 0.3) is 0 Å². The van der Waals surface area contributed by atoms with Crippen molar-refractivity contribution in [2.45, 2.75) is 0 Å². The number of ether oxygens (including phenoxy) is 2. The number of rotatable bonds is 5. The highest BCUT2D eigenvalue weighted by atomic mass is 35.5. The molecule has 0 aliphatic heterocycles. The molecule has 2 rings (SSSR count). The number of aliphatic hydroxyl groups is 1. The molecule has 0 saturated carbocycles. The van der Waals surface area contributed by atoms with Crippen molar-refractivity contribution in [1.82, 2.24) is 0 Å². The number of aliphatic imine (C=N–C) groups is 1. The highest BCUT2D eigenvalue weighted by Gasteiger charge is 2.19. The van der Waals surface area contributed by atoms with E-state index in [0.29, 0.717) is 15.8 Å². The van der Waals surface area contributed by atoms with E-state index in [9.17, 15) is 9.90 Å². The van der Waals surface area contributed by atoms with Gasteiger partial charge in [0.2, 0.25) is 0 Å². The van der Waals surface area contributed by atoms with Crippen LogP contribution in [0.4, 0.5) is 5.69 Å². The molecule has 0 amide bonds. The topological polar surface area (TPSA) is 68.1 Å². The number of methoxy groups -OCH3 is 2. The molecule has 8 heteroatoms. The van der Waals surface area contributed by atoms with Crippen LogP contribution < -0.4 is 4.74 Å². The SMILES string of the molecule is COC(=O)/C(C=Nc1ccc(OC)cc1)=C(\O)c1cc(Cl)sc1Cl. The van der Waals surface area contributed by atoms with Crippen LogP contribution in [0.3, 0.4) is 0 Å². The highest BCUT2D eigenvalue weighted by Crippen LogP contribution is 2.35. The smallest absolute Gasteiger partial charge is 0.343 e. The summed E-state index contributed by atoms with van der Waals surface area (Å²) in [5.41, 5.74) is 0.678. The van der Waals surface area contributed by atoms with Crippen molar-refractivity contribution in [3.63, 3.8) is 0 Å². The Morgan fingerprint density at radius 2 is 1.92 bits per heavy atom. The largest absolute Gasteiger partial charge is 0.506 e. The second kappa shape index (κ2) is 8.19. The molecule has 2 aromatic rings. The minimum absolute atomic E-state index is 0.135. The number of nitrogens with zero attached hydrogens (tertiary/aromatic N) is 1. The summed E-state index contributed by atoms with van der Waals surface area (Å²) in [7, 11) is 2.77. The third-order valence-corrected chi connectivity index (χ3v) is 4.47. The molecule has 0 aliphatic rings. The molecule has 0 spiro atoms. The zero-order valence-corrected chi connectivity index (χ0v) is 15.1. The number of benzene rings is 1. The Bertz CT molecular complexity index is 797. The van der Waals surface area contributed by atoms with Crippen LogP contribution in [0.5, 0.6) is 5.75 Å². The first-order valence-corrected chi connectivity index (χ1v) is 8.18. The molecule has 1 aromatic carbocycles. The fraction of sp³-hybridized carbons (Fsp3) is 0.125. The van der Waals surface area contributed by atoms with Crippen molar-refractivity contribution in [3.8, 4) is 5.75 Å². The van der Waals surface area contributed by atoms with E-state index in [1.165, 1.54) is 19.4 Å². The van der Waals surface area contributed by atoms with Gasteiger partial charge in [-0.1, -0.05) is 23.2 Å². The van der Waals surface area contributed by atoms with Crippen molar-refractivity contribution in [2.24, 2.45) is 4.99 Å². The number of thiophene rings is 1. The van der Waals surface area contributed by atoms with Crippen molar-refractivity contribution in [2.75, 3.05) is 14.2 Å². The van der Waals surface area contributed by atoms with Gasteiger partial charge in [0, 0.05) is 11.8 Å². The lowest BCUT2D eigenvalue weighted by atomic mass is 10.1. The molecule has 1 N–H and O–H groups in total. The average Bonchev–Trinajstić information content (AvgIpc) is 2.93. The fourth-order valence-corrected chi connectivity index (χ4v) is 3.24. The molecule has 0 radical (unpaired) electrons. The Morgan fingerprint density at radius 1 is 1.25 bits per heavy atom. The summed E-state index contributed by atoms with van der Waals surface area (Å²) in [5.74, 6) is -0.421. The normalized spacial score (nSPS) is 12.2. The number of esters is 1. The maximum absolute atomic E-state index is 11.9. The van der Waals surface area contributed by atoms with E-state index in [1.807, 2.05) is 0 Å². The Kier molecular flexibility index (Phi) is 6.25. The van der Waals surface area contributed by atoms with Crippen LogP contribution in [0.15, 0.2) is 40.9 Å². The van der Waals surface area contributed by atoms with Crippen LogP contribution in [0.1, 0.15) is 5.56 Å². The number of carbonyl (C=O) groups excluding carboxylic acids is 1. The van der Waals surface area contributed by atoms with Crippen LogP contribution in [-0.2, 0) is 9.53 Å². The Hall–Kier alpha value is -2.02. The number of hydrogen-bond donors (Lipinski definition) is 1. The van der Waals surface area contributed by atoms with Gasteiger partial charge < -0.3 is 14.6 Å². The second-order valence-corrected chi connectivity index (χ2v) is 6.73. The molecule has 0 fully saturated rings. The van der Waals surface area contributed by atoms with Gasteiger partial charge in [-0.15, -0.1) is 11.3 Å². The van der Waals surface area contributed by atoms with E-state index < -0.39 is 5.97 Å². The summed E-state index contributed by atoms with van der Waals surface area (Å²) < 4.78 is 10.4. The van der Waals surface area contributed by atoms with E-state index in [2.05, 4.69) is 9.73 Å². The molecule has 24 heavy (non-hydrogen) atoms. The zero-order chi connectivity index (χ0) is 17.7. The average molecular weight is 386 g/mol. The van der Waals surface area contributed by atoms with E-state index in [1.54, 1.807) is 31.4 Å². The Labute approximate surface area is 152 Å². The van der Waals surface area contributed by atoms with Gasteiger partial charge in [-0.25, -0.2) is 4.79 Å². The molecule has 0 aliphatic carbocycles. The minimum Gasteiger partial charge on any atom is -0.506 e. The molecule has 5 nitrogen and oxygen atoms in total. The minimum atomic E-state index is -0.747. The number of halogens is 2. The zero-order valence-electron chi connectivity index (χ0n) is 12.7. The summed E-state index contributed by atoms with van der Waals surface area (Å²) in [4.78, 5) is 16.1. The first-order valence-electron chi connectivity index (χ1n) is 6.61. The molecular formula is C16H13Cl2NO4S. The molecule has 0 bridgehead atoms. The molecule has 0 unspecified atom stereocenters. The molecule has 1 aromatic heterocycles. The Balaban J connectivity index is 2.41. The predicted molar refractivity (Wildman–Crippen MR) is 97.0 cm³/mol. The van der Waals surface area contributed by atoms with E-state index >= 15 is 0 Å². The molecule has 0 saturated heterocycles. The predicted octanol–water partition coefficient (Wildman–Crippen LogP) is 4.91. The van der Waals surface area contributed by atoms with E-state index in [0.717, 1.165) is 11.3 Å². The van der Waals surface area contributed by atoms with Crippen LogP contribution >= 0.6 is 34.5 Å². The first kappa shape index (κ1) is 18.3. The van der Waals surface area contributed by atoms with Crippen molar-refractivity contribution < 1.29 is 19.4 Å². The highest BCUT2D eigenvalue weighted by molar-refractivity contribution is 7.20. The Morgan fingerprint density at radius 3 is 2.42 bits per heavy atom. The van der Waals surface area contributed by atoms with Crippen molar-refractivity contribution in [1.29, 1.82) is 0 Å². The van der Waals surface area contributed by atoms with Crippen molar-refractivity contribution >= 4 is 58.2 Å². The summed E-state index contributed by atoms with van der Waals surface area (Å²) in [6.45, 7) is 0. The van der Waals surface area contributed by atoms with Crippen LogP contribution in [0.25, 0.3) is 5.76 Å². The van der Waals surface area contributed by atoms with Crippen LogP contribution in [0.2, 0.25) is 8.67 Å². The monoisotopic (exact) mass is 385 g/mol. The maximum atomic E-state index is 11.9. The standard InChI is InChI=1S/C16H13Cl2NO4S/c1-22-10-5-3-9(4-6-10)19-8-12(16(21)23-2)14(20)11-7-13(17)24-15(11)18/h3-8,20H,1-2H3/b14-12-,19-8?. The lowest BCUT2D eigenvalue weighted by Crippen LogP contribution is -2.08. The summed E-state index contributed by atoms with van der Waals surface area (Å²) in [5, 5.41) is 10.4. The fourth-order valence-electron chi connectivity index (χ4n) is 1.77. The lowest BCUT2D eigenvalue weighted by Gasteiger charge is -2.05. The molecule has 0 atom stereocenters. The third kappa shape index (κ3) is 4.29. The number of aliphatic hydroxyl groups excluding tert-OH is 1. The third-order valence-electron chi connectivity index (χ3n) is 2.99. The van der Waals surface area contributed by atoms with Gasteiger partial charge in [0.1, 0.15) is 21.4 Å². The van der Waals surface area contributed by atoms with E-state index in [4.69, 9.17) is 27.9 Å². The summed E-state index contributed by atoms with van der Waals surface area (Å²) in [6, 6.07) is 8.33. The van der Waals surface area contributed by atoms with Crippen molar-refractivity contribution in [3.05, 3.63) is 50.1 Å². The quantitative estimate of drug-likeness (QED) is 0.343. The first-order chi connectivity index (χ1) is 11.5. The second-order valence-electron chi connectivity index (χ2n) is 4.45. The van der Waals surface area contributed by atoms with Gasteiger partial charge in [0.05, 0.1) is 24.2 Å². The number of hydrogen-bond acceptors (Lipinski definition) is 6. The summed E-state index contributed by atoms with van der Waals surface area (Å²) >= 11 is 13.0. The maximum Gasteiger partial charge on any atom is 0.343 e. The van der Waals surface area contributed by atoms with E-state index in [-0.39, 0.29) is 21.2 Å². The van der Waals surface area contributed by atoms with Gasteiger partial charge in [0.15, 0.2) is 0 Å². The van der Waals surface area contributed by atoms with Gasteiger partial charge in [-0.3, -0.25) is 4.99 Å². The van der Waals surface area contributed by atoms with Crippen LogP contribution in [-0.4, -0.2) is 31.5 Å². The van der Waals surface area contributed by atoms with Crippen LogP contribution in [0, 0.1) is 0 Å². The van der Waals surface area contributed by atoms with Gasteiger partial charge in [-0.05, 0) is 30.3 Å². The summed E-state index contributed by atoms with van der Waals surface area (Å²) in [6.07, 6.45) is 1.21. The lowest BCUT2D eigenvalue weighted by molar-refractivity contribution is -0.135. The van der Waals surface area contributed by atoms with Gasteiger partial charge >= 0.3 is 5.97 Å². The van der Waals surface area contributed by atoms with Gasteiger partial charge in [-0.2, -0.15) is 0 Å². The molecular weight excluding hydrogens is 373 g/mol.